The minimum Gasteiger partial charge on any atom is -0.171 e. The summed E-state index contributed by atoms with van der Waals surface area (Å²) in [6.45, 7) is 6.38. The summed E-state index contributed by atoms with van der Waals surface area (Å²) in [6.07, 6.45) is 1.36. The van der Waals surface area contributed by atoms with Gasteiger partial charge in [0.1, 0.15) is 0 Å². The van der Waals surface area contributed by atoms with E-state index in [2.05, 4.69) is 13.8 Å². The maximum Gasteiger partial charge on any atom is 0.392 e. The molecule has 0 heterocycles. The zero-order valence-electron chi connectivity index (χ0n) is 12.3. The van der Waals surface area contributed by atoms with Crippen molar-refractivity contribution in [2.75, 3.05) is 0 Å². The molecule has 0 aromatic carbocycles. The molecule has 0 aromatic heterocycles. The fourth-order valence-corrected chi connectivity index (χ4v) is 4.62. The van der Waals surface area contributed by atoms with Gasteiger partial charge in [0, 0.05) is 0 Å². The van der Waals surface area contributed by atoms with E-state index in [9.17, 15) is 13.2 Å². The maximum atomic E-state index is 13.3. The predicted molar refractivity (Wildman–Crippen MR) is 71.7 cm³/mol. The van der Waals surface area contributed by atoms with Crippen LogP contribution in [0.4, 0.5) is 13.2 Å². The van der Waals surface area contributed by atoms with Crippen LogP contribution in [0.25, 0.3) is 0 Å². The van der Waals surface area contributed by atoms with E-state index in [0.29, 0.717) is 24.2 Å². The van der Waals surface area contributed by atoms with E-state index in [4.69, 9.17) is 0 Å². The summed E-state index contributed by atoms with van der Waals surface area (Å²) < 4.78 is 40.0. The van der Waals surface area contributed by atoms with Crippen LogP contribution in [0, 0.1) is 35.5 Å². The first kappa shape index (κ1) is 15.2. The largest absolute Gasteiger partial charge is 0.392 e. The smallest absolute Gasteiger partial charge is 0.171 e. The summed E-state index contributed by atoms with van der Waals surface area (Å²) in [5.74, 6) is 0.539. The first-order chi connectivity index (χ1) is 8.79. The van der Waals surface area contributed by atoms with Gasteiger partial charge in [0.25, 0.3) is 0 Å². The predicted octanol–water partition coefficient (Wildman–Crippen LogP) is 5.67. The Morgan fingerprint density at radius 2 is 1.26 bits per heavy atom. The average Bonchev–Trinajstić information content (AvgIpc) is 2.28. The topological polar surface area (TPSA) is 0 Å². The van der Waals surface area contributed by atoms with Gasteiger partial charge in [0.2, 0.25) is 0 Å². The third kappa shape index (κ3) is 3.46. The molecule has 2 fully saturated rings. The second kappa shape index (κ2) is 5.65. The normalized spacial score (nSPS) is 45.2. The zero-order chi connectivity index (χ0) is 14.2. The van der Waals surface area contributed by atoms with Gasteiger partial charge in [-0.15, -0.1) is 0 Å². The van der Waals surface area contributed by atoms with Crippen LogP contribution in [0.1, 0.15) is 59.3 Å². The lowest BCUT2D eigenvalue weighted by Crippen LogP contribution is -2.42. The Balaban J connectivity index is 2.12. The van der Waals surface area contributed by atoms with Crippen molar-refractivity contribution in [1.82, 2.24) is 0 Å². The molecule has 2 rings (SSSR count). The molecule has 6 unspecified atom stereocenters. The fourth-order valence-electron chi connectivity index (χ4n) is 4.62. The third-order valence-electron chi connectivity index (χ3n) is 5.63. The van der Waals surface area contributed by atoms with Crippen LogP contribution in [-0.2, 0) is 0 Å². The summed E-state index contributed by atoms with van der Waals surface area (Å²) in [5.41, 5.74) is 0. The fraction of sp³-hybridized carbons (Fsp3) is 1.00. The Morgan fingerprint density at radius 3 is 1.79 bits per heavy atom. The minimum absolute atomic E-state index is 0.112. The maximum absolute atomic E-state index is 13.3. The molecule has 0 amide bonds. The quantitative estimate of drug-likeness (QED) is 0.578. The molecule has 0 spiro atoms. The lowest BCUT2D eigenvalue weighted by Gasteiger charge is -2.45. The van der Waals surface area contributed by atoms with Crippen molar-refractivity contribution in [3.63, 3.8) is 0 Å². The lowest BCUT2D eigenvalue weighted by atomic mass is 9.61. The highest BCUT2D eigenvalue weighted by Crippen LogP contribution is 2.51. The highest BCUT2D eigenvalue weighted by atomic mass is 19.4. The van der Waals surface area contributed by atoms with Gasteiger partial charge >= 0.3 is 6.18 Å². The van der Waals surface area contributed by atoms with Crippen molar-refractivity contribution in [3.8, 4) is 0 Å². The zero-order valence-corrected chi connectivity index (χ0v) is 12.3. The van der Waals surface area contributed by atoms with Gasteiger partial charge in [-0.1, -0.05) is 33.6 Å². The van der Waals surface area contributed by atoms with Crippen molar-refractivity contribution >= 4 is 0 Å². The average molecular weight is 276 g/mol. The molecule has 0 saturated heterocycles. The molecule has 0 bridgehead atoms. The van der Waals surface area contributed by atoms with Crippen LogP contribution in [-0.4, -0.2) is 6.18 Å². The van der Waals surface area contributed by atoms with E-state index in [1.54, 1.807) is 0 Å². The number of hydrogen-bond donors (Lipinski definition) is 0. The summed E-state index contributed by atoms with van der Waals surface area (Å²) in [7, 11) is 0. The molecular weight excluding hydrogens is 249 g/mol. The third-order valence-corrected chi connectivity index (χ3v) is 5.63. The number of hydrogen-bond acceptors (Lipinski definition) is 0. The highest BCUT2D eigenvalue weighted by Gasteiger charge is 2.50. The lowest BCUT2D eigenvalue weighted by molar-refractivity contribution is -0.209. The molecule has 0 aromatic rings. The molecule has 0 aliphatic heterocycles. The van der Waals surface area contributed by atoms with Crippen LogP contribution < -0.4 is 0 Å². The molecule has 112 valence electrons. The molecule has 3 heteroatoms. The number of alkyl halides is 3. The number of rotatable bonds is 1. The Kier molecular flexibility index (Phi) is 4.52. The van der Waals surface area contributed by atoms with Gasteiger partial charge in [0.15, 0.2) is 0 Å². The van der Waals surface area contributed by atoms with Crippen LogP contribution in [0.2, 0.25) is 0 Å². The van der Waals surface area contributed by atoms with Gasteiger partial charge < -0.3 is 0 Å². The molecule has 2 aliphatic carbocycles. The van der Waals surface area contributed by atoms with E-state index in [1.807, 2.05) is 6.92 Å². The second-order valence-corrected chi connectivity index (χ2v) is 7.29. The van der Waals surface area contributed by atoms with E-state index in [1.165, 1.54) is 0 Å². The van der Waals surface area contributed by atoms with Crippen molar-refractivity contribution < 1.29 is 13.2 Å². The molecule has 0 nitrogen and oxygen atoms in total. The van der Waals surface area contributed by atoms with Gasteiger partial charge in [-0.25, -0.2) is 0 Å². The van der Waals surface area contributed by atoms with Crippen LogP contribution in [0.15, 0.2) is 0 Å². The molecule has 0 N–H and O–H groups in total. The van der Waals surface area contributed by atoms with Crippen molar-refractivity contribution in [3.05, 3.63) is 0 Å². The van der Waals surface area contributed by atoms with Gasteiger partial charge in [-0.05, 0) is 55.3 Å². The van der Waals surface area contributed by atoms with Gasteiger partial charge in [-0.3, -0.25) is 0 Å². The monoisotopic (exact) mass is 276 g/mol. The van der Waals surface area contributed by atoms with Crippen molar-refractivity contribution in [1.29, 1.82) is 0 Å². The van der Waals surface area contributed by atoms with Crippen molar-refractivity contribution in [2.45, 2.75) is 65.5 Å². The van der Waals surface area contributed by atoms with E-state index in [0.717, 1.165) is 32.1 Å². The van der Waals surface area contributed by atoms with Gasteiger partial charge in [-0.2, -0.15) is 13.2 Å². The Bertz CT molecular complexity index is 297. The van der Waals surface area contributed by atoms with E-state index in [-0.39, 0.29) is 11.8 Å². The molecule has 2 aliphatic rings. The number of halogens is 3. The summed E-state index contributed by atoms with van der Waals surface area (Å²) >= 11 is 0. The molecule has 6 atom stereocenters. The van der Waals surface area contributed by atoms with E-state index < -0.39 is 12.1 Å². The van der Waals surface area contributed by atoms with Crippen LogP contribution >= 0.6 is 0 Å². The summed E-state index contributed by atoms with van der Waals surface area (Å²) in [4.78, 5) is 0. The second-order valence-electron chi connectivity index (χ2n) is 7.29. The molecule has 0 radical (unpaired) electrons. The minimum atomic E-state index is -4.00. The SMILES string of the molecule is CC1CCC(C2CCC(C)CC2C(F)(F)F)C(C)C1. The van der Waals surface area contributed by atoms with Gasteiger partial charge in [0.05, 0.1) is 5.92 Å². The summed E-state index contributed by atoms with van der Waals surface area (Å²) in [5, 5.41) is 0. The van der Waals surface area contributed by atoms with Crippen molar-refractivity contribution in [2.24, 2.45) is 35.5 Å². The molecular formula is C16H27F3. The summed E-state index contributed by atoms with van der Waals surface area (Å²) in [6, 6.07) is 0. The first-order valence-electron chi connectivity index (χ1n) is 7.85. The molecule has 19 heavy (non-hydrogen) atoms. The highest BCUT2D eigenvalue weighted by molar-refractivity contribution is 4.90. The Hall–Kier alpha value is -0.210. The van der Waals surface area contributed by atoms with Crippen LogP contribution in [0.3, 0.4) is 0 Å². The standard InChI is InChI=1S/C16H27F3/c1-10-4-6-13(12(3)8-10)14-7-5-11(2)9-15(14)16(17,18)19/h10-15H,4-9H2,1-3H3. The van der Waals surface area contributed by atoms with E-state index >= 15 is 0 Å². The van der Waals surface area contributed by atoms with Crippen LogP contribution in [0.5, 0.6) is 0 Å². The first-order valence-corrected chi connectivity index (χ1v) is 7.85. The molecule has 2 saturated carbocycles. The Morgan fingerprint density at radius 1 is 0.737 bits per heavy atom. The Labute approximate surface area is 115 Å².